The minimum Gasteiger partial charge on any atom is -0.494 e. The van der Waals surface area contributed by atoms with Crippen molar-refractivity contribution in [3.63, 3.8) is 0 Å². The van der Waals surface area contributed by atoms with Crippen molar-refractivity contribution in [2.45, 2.75) is 24.8 Å². The van der Waals surface area contributed by atoms with Crippen molar-refractivity contribution in [1.29, 1.82) is 0 Å². The van der Waals surface area contributed by atoms with Crippen molar-refractivity contribution < 1.29 is 22.8 Å². The van der Waals surface area contributed by atoms with Gasteiger partial charge in [-0.3, -0.25) is 4.79 Å². The molecule has 0 spiro atoms. The second-order valence-electron chi connectivity index (χ2n) is 6.22. The fourth-order valence-corrected chi connectivity index (χ4v) is 4.42. The molecule has 2 rings (SSSR count). The minimum absolute atomic E-state index is 0.0391. The van der Waals surface area contributed by atoms with E-state index in [4.69, 9.17) is 4.74 Å². The molecule has 8 heteroatoms. The lowest BCUT2D eigenvalue weighted by Crippen LogP contribution is -3.19. The molecule has 0 aromatic heterocycles. The van der Waals surface area contributed by atoms with E-state index < -0.39 is 10.0 Å². The number of carbonyl (C=O) groups excluding carboxylic acids is 1. The second-order valence-corrected chi connectivity index (χ2v) is 8.16. The quantitative estimate of drug-likeness (QED) is 0.603. The summed E-state index contributed by atoms with van der Waals surface area (Å²) in [5.74, 6) is 0.614. The average molecular weight is 383 g/mol. The fraction of sp³-hybridized carbons (Fsp3) is 0.500. The molecule has 7 nitrogen and oxygen atoms in total. The van der Waals surface area contributed by atoms with E-state index in [1.54, 1.807) is 30.3 Å². The lowest BCUT2D eigenvalue weighted by atomic mass is 10.2. The number of rotatable bonds is 8. The van der Waals surface area contributed by atoms with E-state index in [2.05, 4.69) is 11.9 Å². The minimum atomic E-state index is -3.53. The van der Waals surface area contributed by atoms with E-state index in [-0.39, 0.29) is 16.8 Å². The van der Waals surface area contributed by atoms with Crippen LogP contribution in [0.1, 0.15) is 13.8 Å². The number of nitrogens with one attached hydrogen (secondary N) is 2. The molecule has 0 aliphatic carbocycles. The van der Waals surface area contributed by atoms with Crippen LogP contribution in [0.2, 0.25) is 0 Å². The van der Waals surface area contributed by atoms with Crippen molar-refractivity contribution >= 4 is 15.9 Å². The maximum absolute atomic E-state index is 12.8. The highest BCUT2D eigenvalue weighted by Gasteiger charge is 2.34. The lowest BCUT2D eigenvalue weighted by Gasteiger charge is -2.34. The molecule has 26 heavy (non-hydrogen) atoms. The highest BCUT2D eigenvalue weighted by Crippen LogP contribution is 2.19. The summed E-state index contributed by atoms with van der Waals surface area (Å²) in [6.07, 6.45) is 1.64. The first-order valence-corrected chi connectivity index (χ1v) is 10.3. The number of carbonyl (C=O) groups is 1. The standard InChI is InChI=1S/C18H27N3O4S/c1-4-10-19-18(22)15(3)20-11-13-21(14-12-20)26(23,24)17-8-6-16(7-9-17)25-5-2/h4,6-9,15H,1,5,10-14H2,2-3H3,(H,19,22)/p+1/t15-/m1/s1. The van der Waals surface area contributed by atoms with Gasteiger partial charge in [0, 0.05) is 6.54 Å². The maximum Gasteiger partial charge on any atom is 0.278 e. The zero-order valence-electron chi connectivity index (χ0n) is 15.4. The van der Waals surface area contributed by atoms with Crippen LogP contribution in [0.3, 0.4) is 0 Å². The number of quaternary nitrogens is 1. The van der Waals surface area contributed by atoms with E-state index in [1.807, 2.05) is 13.8 Å². The van der Waals surface area contributed by atoms with Gasteiger partial charge in [-0.05, 0) is 38.1 Å². The number of nitrogens with zero attached hydrogens (tertiary/aromatic N) is 1. The topological polar surface area (TPSA) is 80.2 Å². The van der Waals surface area contributed by atoms with E-state index in [0.717, 1.165) is 4.90 Å². The summed E-state index contributed by atoms with van der Waals surface area (Å²) in [6.45, 7) is 10.3. The summed E-state index contributed by atoms with van der Waals surface area (Å²) in [4.78, 5) is 13.4. The Morgan fingerprint density at radius 2 is 1.96 bits per heavy atom. The summed E-state index contributed by atoms with van der Waals surface area (Å²) in [5, 5.41) is 2.79. The number of piperazine rings is 1. The van der Waals surface area contributed by atoms with E-state index in [9.17, 15) is 13.2 Å². The number of hydrogen-bond acceptors (Lipinski definition) is 4. The molecule has 1 atom stereocenters. The van der Waals surface area contributed by atoms with Gasteiger partial charge in [0.25, 0.3) is 5.91 Å². The summed E-state index contributed by atoms with van der Waals surface area (Å²) in [6, 6.07) is 6.27. The van der Waals surface area contributed by atoms with Crippen molar-refractivity contribution in [2.24, 2.45) is 0 Å². The fourth-order valence-electron chi connectivity index (χ4n) is 2.98. The summed E-state index contributed by atoms with van der Waals surface area (Å²) < 4.78 is 32.4. The SMILES string of the molecule is C=CCNC(=O)[C@@H](C)[NH+]1CCN(S(=O)(=O)c2ccc(OCC)cc2)CC1. The Morgan fingerprint density at radius 3 is 2.50 bits per heavy atom. The van der Waals surface area contributed by atoms with Crippen LogP contribution in [-0.2, 0) is 14.8 Å². The molecular weight excluding hydrogens is 354 g/mol. The second kappa shape index (κ2) is 9.16. The van der Waals surface area contributed by atoms with Crippen LogP contribution in [0.4, 0.5) is 0 Å². The van der Waals surface area contributed by atoms with Crippen molar-refractivity contribution in [3.05, 3.63) is 36.9 Å². The van der Waals surface area contributed by atoms with Gasteiger partial charge in [0.05, 0.1) is 37.7 Å². The molecule has 1 aromatic carbocycles. The third-order valence-electron chi connectivity index (χ3n) is 4.56. The van der Waals surface area contributed by atoms with Crippen LogP contribution in [0, 0.1) is 0 Å². The number of hydrogen-bond donors (Lipinski definition) is 2. The first-order chi connectivity index (χ1) is 12.4. The molecule has 0 bridgehead atoms. The monoisotopic (exact) mass is 382 g/mol. The highest BCUT2D eigenvalue weighted by molar-refractivity contribution is 7.89. The van der Waals surface area contributed by atoms with Gasteiger partial charge >= 0.3 is 0 Å². The molecule has 1 aliphatic rings. The van der Waals surface area contributed by atoms with Gasteiger partial charge < -0.3 is 15.0 Å². The van der Waals surface area contributed by atoms with E-state index in [0.29, 0.717) is 45.1 Å². The summed E-state index contributed by atoms with van der Waals surface area (Å²) in [5.41, 5.74) is 0. The first kappa shape index (κ1) is 20.4. The molecule has 1 aliphatic heterocycles. The summed E-state index contributed by atoms with van der Waals surface area (Å²) in [7, 11) is -3.53. The average Bonchev–Trinajstić information content (AvgIpc) is 2.66. The van der Waals surface area contributed by atoms with Crippen molar-refractivity contribution in [1.82, 2.24) is 9.62 Å². The molecule has 1 fully saturated rings. The van der Waals surface area contributed by atoms with Crippen LogP contribution in [0.25, 0.3) is 0 Å². The molecule has 0 saturated carbocycles. The Bertz CT molecular complexity index is 710. The van der Waals surface area contributed by atoms with E-state index in [1.165, 1.54) is 4.31 Å². The van der Waals surface area contributed by atoms with Crippen LogP contribution in [0.5, 0.6) is 5.75 Å². The van der Waals surface area contributed by atoms with Crippen LogP contribution < -0.4 is 15.0 Å². The highest BCUT2D eigenvalue weighted by atomic mass is 32.2. The maximum atomic E-state index is 12.8. The van der Waals surface area contributed by atoms with Crippen LogP contribution in [0.15, 0.2) is 41.8 Å². The van der Waals surface area contributed by atoms with Crippen LogP contribution in [-0.4, -0.2) is 64.0 Å². The van der Waals surface area contributed by atoms with Crippen molar-refractivity contribution in [2.75, 3.05) is 39.3 Å². The zero-order chi connectivity index (χ0) is 19.2. The van der Waals surface area contributed by atoms with Gasteiger partial charge in [0.1, 0.15) is 5.75 Å². The normalized spacial score (nSPS) is 17.5. The van der Waals surface area contributed by atoms with Crippen LogP contribution >= 0.6 is 0 Å². The van der Waals surface area contributed by atoms with Gasteiger partial charge in [-0.1, -0.05) is 6.08 Å². The molecule has 1 aromatic rings. The smallest absolute Gasteiger partial charge is 0.278 e. The molecule has 0 unspecified atom stereocenters. The number of amides is 1. The Kier molecular flexibility index (Phi) is 7.19. The Labute approximate surface area is 155 Å². The predicted molar refractivity (Wildman–Crippen MR) is 99.7 cm³/mol. The van der Waals surface area contributed by atoms with Gasteiger partial charge in [-0.2, -0.15) is 4.31 Å². The van der Waals surface area contributed by atoms with Gasteiger partial charge in [-0.25, -0.2) is 8.42 Å². The zero-order valence-corrected chi connectivity index (χ0v) is 16.2. The largest absolute Gasteiger partial charge is 0.494 e. The Morgan fingerprint density at radius 1 is 1.35 bits per heavy atom. The van der Waals surface area contributed by atoms with Crippen molar-refractivity contribution in [3.8, 4) is 5.75 Å². The Hall–Kier alpha value is -1.90. The molecule has 1 heterocycles. The lowest BCUT2D eigenvalue weighted by molar-refractivity contribution is -0.917. The number of benzene rings is 1. The van der Waals surface area contributed by atoms with Gasteiger partial charge in [0.15, 0.2) is 6.04 Å². The molecule has 1 saturated heterocycles. The molecule has 1 amide bonds. The van der Waals surface area contributed by atoms with Gasteiger partial charge in [0.2, 0.25) is 10.0 Å². The third-order valence-corrected chi connectivity index (χ3v) is 6.48. The first-order valence-electron chi connectivity index (χ1n) is 8.86. The summed E-state index contributed by atoms with van der Waals surface area (Å²) >= 11 is 0. The third kappa shape index (κ3) is 4.84. The molecule has 0 radical (unpaired) electrons. The van der Waals surface area contributed by atoms with E-state index >= 15 is 0 Å². The molecule has 144 valence electrons. The number of ether oxygens (including phenoxy) is 1. The Balaban J connectivity index is 1.97. The predicted octanol–water partition coefficient (Wildman–Crippen LogP) is -0.335. The molecule has 2 N–H and O–H groups in total. The molecular formula is C18H28N3O4S+. The van der Waals surface area contributed by atoms with Gasteiger partial charge in [-0.15, -0.1) is 6.58 Å². The number of sulfonamides is 1.